The Hall–Kier alpha value is 0.270. The van der Waals surface area contributed by atoms with Crippen molar-refractivity contribution < 1.29 is 0 Å². The highest BCUT2D eigenvalue weighted by Crippen LogP contribution is 2.26. The minimum atomic E-state index is 0.270. The molecule has 1 fully saturated rings. The second kappa shape index (κ2) is 6.44. The highest BCUT2D eigenvalue weighted by atomic mass is 32.2. The Morgan fingerprint density at radius 3 is 2.53 bits per heavy atom. The lowest BCUT2D eigenvalue weighted by Crippen LogP contribution is -2.67. The lowest BCUT2D eigenvalue weighted by molar-refractivity contribution is 0.0247. The van der Waals surface area contributed by atoms with E-state index in [-0.39, 0.29) is 5.54 Å². The molecular weight excluding hydrogens is 228 g/mol. The molecule has 102 valence electrons. The molecule has 1 saturated heterocycles. The van der Waals surface area contributed by atoms with Crippen LogP contribution in [0.3, 0.4) is 0 Å². The Labute approximate surface area is 112 Å². The first-order chi connectivity index (χ1) is 7.93. The molecule has 1 aliphatic rings. The molecule has 1 N–H and O–H groups in total. The van der Waals surface area contributed by atoms with Crippen LogP contribution in [0.4, 0.5) is 0 Å². The van der Waals surface area contributed by atoms with Gasteiger partial charge in [0.25, 0.3) is 0 Å². The molecule has 0 bridgehead atoms. The van der Waals surface area contributed by atoms with Crippen LogP contribution in [-0.2, 0) is 0 Å². The smallest absolute Gasteiger partial charge is 0.0304 e. The van der Waals surface area contributed by atoms with Gasteiger partial charge in [0.05, 0.1) is 0 Å². The van der Waals surface area contributed by atoms with Crippen molar-refractivity contribution in [3.05, 3.63) is 0 Å². The summed E-state index contributed by atoms with van der Waals surface area (Å²) in [5.74, 6) is 2.55. The quantitative estimate of drug-likeness (QED) is 0.737. The molecule has 1 aliphatic heterocycles. The van der Waals surface area contributed by atoms with Crippen molar-refractivity contribution in [2.24, 2.45) is 0 Å². The number of hydrogen-bond donors (Lipinski definition) is 1. The molecule has 1 heterocycles. The molecule has 0 saturated carbocycles. The Kier molecular flexibility index (Phi) is 5.81. The van der Waals surface area contributed by atoms with Crippen LogP contribution >= 0.6 is 11.8 Å². The molecule has 1 unspecified atom stereocenters. The van der Waals surface area contributed by atoms with E-state index >= 15 is 0 Å². The van der Waals surface area contributed by atoms with E-state index < -0.39 is 0 Å². The average molecular weight is 258 g/mol. The Morgan fingerprint density at radius 1 is 1.24 bits per heavy atom. The summed E-state index contributed by atoms with van der Waals surface area (Å²) < 4.78 is 0. The maximum atomic E-state index is 3.68. The molecular formula is C14H30N2S. The maximum absolute atomic E-state index is 3.68. The Morgan fingerprint density at radius 2 is 1.94 bits per heavy atom. The Balaban J connectivity index is 2.50. The fourth-order valence-corrected chi connectivity index (χ4v) is 3.09. The highest BCUT2D eigenvalue weighted by Gasteiger charge is 2.38. The summed E-state index contributed by atoms with van der Waals surface area (Å²) in [6, 6.07) is 0. The number of thioether (sulfide) groups is 1. The van der Waals surface area contributed by atoms with Crippen molar-refractivity contribution in [3.63, 3.8) is 0 Å². The molecule has 3 heteroatoms. The Bertz CT molecular complexity index is 230. The van der Waals surface area contributed by atoms with Crippen molar-refractivity contribution in [1.29, 1.82) is 0 Å². The van der Waals surface area contributed by atoms with Crippen LogP contribution in [0.5, 0.6) is 0 Å². The highest BCUT2D eigenvalue weighted by molar-refractivity contribution is 7.99. The van der Waals surface area contributed by atoms with Crippen molar-refractivity contribution in [3.8, 4) is 0 Å². The van der Waals surface area contributed by atoms with Gasteiger partial charge in [-0.1, -0.05) is 13.8 Å². The van der Waals surface area contributed by atoms with Crippen molar-refractivity contribution in [2.75, 3.05) is 31.1 Å². The lowest BCUT2D eigenvalue weighted by Gasteiger charge is -2.51. The van der Waals surface area contributed by atoms with Crippen LogP contribution in [0.15, 0.2) is 0 Å². The summed E-state index contributed by atoms with van der Waals surface area (Å²) in [5, 5.41) is 3.68. The van der Waals surface area contributed by atoms with Crippen LogP contribution in [0.2, 0.25) is 0 Å². The van der Waals surface area contributed by atoms with Crippen LogP contribution in [-0.4, -0.2) is 47.1 Å². The summed E-state index contributed by atoms with van der Waals surface area (Å²) in [6.45, 7) is 15.1. The third kappa shape index (κ3) is 4.46. The molecule has 0 aromatic heterocycles. The van der Waals surface area contributed by atoms with E-state index in [0.29, 0.717) is 5.54 Å². The third-order valence-corrected chi connectivity index (χ3v) is 4.97. The van der Waals surface area contributed by atoms with Gasteiger partial charge < -0.3 is 5.32 Å². The summed E-state index contributed by atoms with van der Waals surface area (Å²) >= 11 is 2.06. The van der Waals surface area contributed by atoms with Crippen LogP contribution in [0.25, 0.3) is 0 Å². The van der Waals surface area contributed by atoms with Crippen LogP contribution < -0.4 is 5.32 Å². The monoisotopic (exact) mass is 258 g/mol. The number of nitrogens with zero attached hydrogens (tertiary/aromatic N) is 1. The van der Waals surface area contributed by atoms with Crippen LogP contribution in [0.1, 0.15) is 47.5 Å². The molecule has 0 radical (unpaired) electrons. The average Bonchev–Trinajstić information content (AvgIpc) is 2.29. The minimum absolute atomic E-state index is 0.270. The maximum Gasteiger partial charge on any atom is 0.0304 e. The summed E-state index contributed by atoms with van der Waals surface area (Å²) in [6.07, 6.45) is 2.56. The largest absolute Gasteiger partial charge is 0.309 e. The van der Waals surface area contributed by atoms with Gasteiger partial charge in [-0.25, -0.2) is 0 Å². The zero-order valence-electron chi connectivity index (χ0n) is 12.3. The van der Waals surface area contributed by atoms with E-state index in [1.807, 2.05) is 0 Å². The van der Waals surface area contributed by atoms with Crippen molar-refractivity contribution >= 4 is 11.8 Å². The molecule has 0 amide bonds. The molecule has 0 aromatic rings. The third-order valence-electron chi connectivity index (χ3n) is 3.98. The van der Waals surface area contributed by atoms with Gasteiger partial charge in [-0.2, -0.15) is 11.8 Å². The SMILES string of the molecule is CCSCCCN1CC(C)(C)NCC1(C)CC. The van der Waals surface area contributed by atoms with Crippen molar-refractivity contribution in [1.82, 2.24) is 10.2 Å². The number of piperazine rings is 1. The number of nitrogens with one attached hydrogen (secondary N) is 1. The normalized spacial score (nSPS) is 29.5. The molecule has 0 aromatic carbocycles. The molecule has 2 nitrogen and oxygen atoms in total. The lowest BCUT2D eigenvalue weighted by atomic mass is 9.88. The molecule has 17 heavy (non-hydrogen) atoms. The van der Waals surface area contributed by atoms with E-state index in [4.69, 9.17) is 0 Å². The van der Waals surface area contributed by atoms with E-state index in [2.05, 4.69) is 56.6 Å². The van der Waals surface area contributed by atoms with E-state index in [9.17, 15) is 0 Å². The second-order valence-electron chi connectivity index (χ2n) is 6.06. The predicted molar refractivity (Wildman–Crippen MR) is 80.0 cm³/mol. The topological polar surface area (TPSA) is 15.3 Å². The molecule has 1 rings (SSSR count). The van der Waals surface area contributed by atoms with Gasteiger partial charge in [0.1, 0.15) is 0 Å². The summed E-state index contributed by atoms with van der Waals surface area (Å²) in [7, 11) is 0. The minimum Gasteiger partial charge on any atom is -0.309 e. The summed E-state index contributed by atoms with van der Waals surface area (Å²) in [4.78, 5) is 2.71. The zero-order valence-corrected chi connectivity index (χ0v) is 13.1. The first-order valence-electron chi connectivity index (χ1n) is 7.01. The van der Waals surface area contributed by atoms with Gasteiger partial charge in [-0.15, -0.1) is 0 Å². The van der Waals surface area contributed by atoms with Gasteiger partial charge in [0, 0.05) is 24.2 Å². The van der Waals surface area contributed by atoms with Crippen LogP contribution in [0, 0.1) is 0 Å². The predicted octanol–water partition coefficient (Wildman–Crippen LogP) is 2.98. The van der Waals surface area contributed by atoms with Gasteiger partial charge in [-0.3, -0.25) is 4.90 Å². The van der Waals surface area contributed by atoms with E-state index in [1.54, 1.807) is 0 Å². The fourth-order valence-electron chi connectivity index (χ4n) is 2.46. The van der Waals surface area contributed by atoms with Gasteiger partial charge in [0.2, 0.25) is 0 Å². The van der Waals surface area contributed by atoms with Gasteiger partial charge >= 0.3 is 0 Å². The molecule has 1 atom stereocenters. The first kappa shape index (κ1) is 15.3. The number of rotatable bonds is 6. The van der Waals surface area contributed by atoms with Gasteiger partial charge in [-0.05, 0) is 51.7 Å². The zero-order chi connectivity index (χ0) is 12.9. The van der Waals surface area contributed by atoms with Gasteiger partial charge in [0.15, 0.2) is 0 Å². The standard InChI is InChI=1S/C14H30N2S/c1-6-14(5)11-15-13(3,4)12-16(14)9-8-10-17-7-2/h15H,6-12H2,1-5H3. The molecule has 0 aliphatic carbocycles. The first-order valence-corrected chi connectivity index (χ1v) is 8.17. The van der Waals surface area contributed by atoms with E-state index in [0.717, 1.165) is 6.54 Å². The number of hydrogen-bond acceptors (Lipinski definition) is 3. The molecule has 0 spiro atoms. The van der Waals surface area contributed by atoms with Crippen molar-refractivity contribution in [2.45, 2.75) is 58.5 Å². The second-order valence-corrected chi connectivity index (χ2v) is 7.45. The fraction of sp³-hybridized carbons (Fsp3) is 1.00. The summed E-state index contributed by atoms with van der Waals surface area (Å²) in [5.41, 5.74) is 0.624. The van der Waals surface area contributed by atoms with E-state index in [1.165, 1.54) is 37.4 Å².